The molecule has 12 heteroatoms. The second-order valence-electron chi connectivity index (χ2n) is 14.5. The number of nitrogens with one attached hydrogen (secondary N) is 1. The summed E-state index contributed by atoms with van der Waals surface area (Å²) in [6.07, 6.45) is 47.9. The van der Waals surface area contributed by atoms with Crippen molar-refractivity contribution in [3.8, 4) is 0 Å². The van der Waals surface area contributed by atoms with Crippen molar-refractivity contribution in [2.24, 2.45) is 0 Å². The van der Waals surface area contributed by atoms with Gasteiger partial charge in [0.1, 0.15) is 12.7 Å². The Morgan fingerprint density at radius 3 is 1.48 bits per heavy atom. The first kappa shape index (κ1) is 54.9. The van der Waals surface area contributed by atoms with Gasteiger partial charge in [0.05, 0.1) is 13.2 Å². The van der Waals surface area contributed by atoms with Gasteiger partial charge in [0.25, 0.3) is 0 Å². The second kappa shape index (κ2) is 40.7. The number of carbonyl (C=O) groups excluding carboxylic acids is 2. The Bertz CT molecular complexity index is 1260. The topological polar surface area (TPSA) is 169 Å². The van der Waals surface area contributed by atoms with E-state index >= 15 is 0 Å². The SMILES string of the molecule is CC/C=C\C/C=C\C/C=C\C/C=C\C/C=C\C/C=C\CCCCC(=O)NC(COP(=O)(O)OCC(O)COC(=O)CCCCCCCCCCCCCCC)C(=O)O. The summed E-state index contributed by atoms with van der Waals surface area (Å²) >= 11 is 0. The van der Waals surface area contributed by atoms with Crippen molar-refractivity contribution in [3.63, 3.8) is 0 Å². The molecule has 0 saturated carbocycles. The molecule has 0 aromatic rings. The van der Waals surface area contributed by atoms with Crippen molar-refractivity contribution in [1.29, 1.82) is 0 Å². The molecule has 0 spiro atoms. The maximum atomic E-state index is 12.3. The summed E-state index contributed by atoms with van der Waals surface area (Å²) < 4.78 is 26.8. The van der Waals surface area contributed by atoms with Crippen LogP contribution in [0.2, 0.25) is 0 Å². The number of phosphoric acid groups is 1. The third kappa shape index (κ3) is 39.7. The molecule has 1 amide bonds. The molecule has 0 aliphatic carbocycles. The van der Waals surface area contributed by atoms with Gasteiger partial charge >= 0.3 is 19.8 Å². The minimum atomic E-state index is -4.77. The molecule has 0 bridgehead atoms. The minimum absolute atomic E-state index is 0.0872. The van der Waals surface area contributed by atoms with Gasteiger partial charge in [-0.2, -0.15) is 0 Å². The number of allylic oxidation sites excluding steroid dienone is 12. The summed E-state index contributed by atoms with van der Waals surface area (Å²) in [6.45, 7) is 2.44. The van der Waals surface area contributed by atoms with Crippen LogP contribution in [0.3, 0.4) is 0 Å². The van der Waals surface area contributed by atoms with Crippen molar-refractivity contribution in [1.82, 2.24) is 5.32 Å². The number of hydrogen-bond donors (Lipinski definition) is 4. The van der Waals surface area contributed by atoms with E-state index in [2.05, 4.69) is 86.0 Å². The lowest BCUT2D eigenvalue weighted by molar-refractivity contribution is -0.147. The van der Waals surface area contributed by atoms with E-state index in [1.807, 2.05) is 6.08 Å². The average Bonchev–Trinajstić information content (AvgIpc) is 3.20. The molecule has 0 aromatic carbocycles. The largest absolute Gasteiger partial charge is 0.480 e. The summed E-state index contributed by atoms with van der Waals surface area (Å²) in [4.78, 5) is 45.9. The van der Waals surface area contributed by atoms with Crippen LogP contribution in [0.25, 0.3) is 0 Å². The number of unbranched alkanes of at least 4 members (excludes halogenated alkanes) is 14. The minimum Gasteiger partial charge on any atom is -0.480 e. The van der Waals surface area contributed by atoms with Crippen LogP contribution in [-0.4, -0.2) is 64.9 Å². The molecular weight excluding hydrogens is 757 g/mol. The molecule has 4 N–H and O–H groups in total. The van der Waals surface area contributed by atoms with E-state index in [1.54, 1.807) is 0 Å². The molecule has 0 radical (unpaired) electrons. The molecular formula is C46H78NO10P. The number of hydrogen-bond acceptors (Lipinski definition) is 8. The predicted molar refractivity (Wildman–Crippen MR) is 235 cm³/mol. The van der Waals surface area contributed by atoms with E-state index in [0.29, 0.717) is 12.8 Å². The van der Waals surface area contributed by atoms with E-state index in [9.17, 15) is 34.1 Å². The van der Waals surface area contributed by atoms with Crippen LogP contribution >= 0.6 is 7.82 Å². The number of carboxylic acids is 1. The molecule has 0 fully saturated rings. The second-order valence-corrected chi connectivity index (χ2v) is 16.0. The number of aliphatic carboxylic acids is 1. The van der Waals surface area contributed by atoms with Gasteiger partial charge in [0.2, 0.25) is 5.91 Å². The standard InChI is InChI=1S/C46H78NO10P/c1-3-5-7-9-11-13-15-17-18-19-20-21-22-23-24-26-27-29-31-33-35-37-44(49)47-43(46(51)52)41-57-58(53,54)56-40-42(48)39-55-45(50)38-36-34-32-30-28-25-16-14-12-10-8-6-4-2/h5,7,11,13,17-18,20-21,23-24,27,29,42-43,48H,3-4,6,8-10,12,14-16,19,22,25-26,28,30-41H2,1-2H3,(H,47,49)(H,51,52)(H,53,54)/b7-5-,13-11-,18-17-,21-20-,24-23-,29-27-. The highest BCUT2D eigenvalue weighted by atomic mass is 31.2. The van der Waals surface area contributed by atoms with E-state index < -0.39 is 57.6 Å². The first-order chi connectivity index (χ1) is 28.1. The average molecular weight is 836 g/mol. The Hall–Kier alpha value is -3.08. The zero-order chi connectivity index (χ0) is 42.8. The van der Waals surface area contributed by atoms with Gasteiger partial charge in [-0.3, -0.25) is 18.6 Å². The van der Waals surface area contributed by atoms with E-state index in [4.69, 9.17) is 13.8 Å². The van der Waals surface area contributed by atoms with Crippen molar-refractivity contribution < 1.29 is 47.8 Å². The zero-order valence-electron chi connectivity index (χ0n) is 35.8. The Balaban J connectivity index is 4.01. The number of aliphatic hydroxyl groups is 1. The summed E-state index contributed by atoms with van der Waals surface area (Å²) in [5.41, 5.74) is 0. The number of amides is 1. The summed E-state index contributed by atoms with van der Waals surface area (Å²) in [5.74, 6) is -2.44. The van der Waals surface area contributed by atoms with Gasteiger partial charge in [-0.05, 0) is 64.2 Å². The molecule has 0 aliphatic rings. The first-order valence-electron chi connectivity index (χ1n) is 22.0. The van der Waals surface area contributed by atoms with Crippen LogP contribution in [0, 0.1) is 0 Å². The lowest BCUT2D eigenvalue weighted by Crippen LogP contribution is -2.43. The van der Waals surface area contributed by atoms with Crippen LogP contribution in [0.4, 0.5) is 0 Å². The number of carboxylic acid groups (broad SMARTS) is 1. The molecule has 0 aliphatic heterocycles. The zero-order valence-corrected chi connectivity index (χ0v) is 36.7. The smallest absolute Gasteiger partial charge is 0.472 e. The van der Waals surface area contributed by atoms with E-state index in [0.717, 1.165) is 70.6 Å². The van der Waals surface area contributed by atoms with Crippen LogP contribution < -0.4 is 5.32 Å². The maximum absolute atomic E-state index is 12.3. The van der Waals surface area contributed by atoms with Crippen molar-refractivity contribution in [2.75, 3.05) is 19.8 Å². The highest BCUT2D eigenvalue weighted by molar-refractivity contribution is 7.47. The Kier molecular flexibility index (Phi) is 38.5. The molecule has 58 heavy (non-hydrogen) atoms. The number of phosphoric ester groups is 1. The van der Waals surface area contributed by atoms with E-state index in [1.165, 1.54) is 57.8 Å². The monoisotopic (exact) mass is 836 g/mol. The number of aliphatic hydroxyl groups excluding tert-OH is 1. The lowest BCUT2D eigenvalue weighted by Gasteiger charge is -2.18. The van der Waals surface area contributed by atoms with E-state index in [-0.39, 0.29) is 12.8 Å². The van der Waals surface area contributed by atoms with Gasteiger partial charge in [0.15, 0.2) is 6.04 Å². The van der Waals surface area contributed by atoms with Crippen LogP contribution in [0.1, 0.15) is 168 Å². The van der Waals surface area contributed by atoms with Crippen molar-refractivity contribution in [3.05, 3.63) is 72.9 Å². The molecule has 0 rings (SSSR count). The molecule has 11 nitrogen and oxygen atoms in total. The third-order valence-electron chi connectivity index (χ3n) is 9.01. The van der Waals surface area contributed by atoms with Gasteiger partial charge in [-0.1, -0.05) is 164 Å². The van der Waals surface area contributed by atoms with Crippen molar-refractivity contribution >= 4 is 25.7 Å². The van der Waals surface area contributed by atoms with Gasteiger partial charge in [0, 0.05) is 12.8 Å². The number of carbonyl (C=O) groups is 3. The van der Waals surface area contributed by atoms with Crippen LogP contribution in [0.15, 0.2) is 72.9 Å². The predicted octanol–water partition coefficient (Wildman–Crippen LogP) is 11.3. The quantitative estimate of drug-likeness (QED) is 0.0202. The molecule has 0 heterocycles. The summed E-state index contributed by atoms with van der Waals surface area (Å²) in [7, 11) is -4.77. The Morgan fingerprint density at radius 1 is 0.569 bits per heavy atom. The highest BCUT2D eigenvalue weighted by Gasteiger charge is 2.28. The molecule has 0 aromatic heterocycles. The molecule has 3 unspecified atom stereocenters. The molecule has 332 valence electrons. The fourth-order valence-corrected chi connectivity index (χ4v) is 6.38. The van der Waals surface area contributed by atoms with Gasteiger partial charge in [-0.15, -0.1) is 0 Å². The summed E-state index contributed by atoms with van der Waals surface area (Å²) in [6, 6.07) is -1.57. The molecule has 3 atom stereocenters. The summed E-state index contributed by atoms with van der Waals surface area (Å²) in [5, 5.41) is 21.8. The van der Waals surface area contributed by atoms with Crippen molar-refractivity contribution in [2.45, 2.75) is 180 Å². The number of rotatable bonds is 40. The highest BCUT2D eigenvalue weighted by Crippen LogP contribution is 2.43. The fourth-order valence-electron chi connectivity index (χ4n) is 5.61. The third-order valence-corrected chi connectivity index (χ3v) is 9.96. The normalized spacial score (nSPS) is 14.4. The maximum Gasteiger partial charge on any atom is 0.472 e. The van der Waals surface area contributed by atoms with Crippen LogP contribution in [-0.2, 0) is 32.7 Å². The number of ether oxygens (including phenoxy) is 1. The lowest BCUT2D eigenvalue weighted by atomic mass is 10.0. The fraction of sp³-hybridized carbons (Fsp3) is 0.674. The van der Waals surface area contributed by atoms with Gasteiger partial charge in [-0.25, -0.2) is 9.36 Å². The Labute approximate surface area is 350 Å². The first-order valence-corrected chi connectivity index (χ1v) is 23.5. The molecule has 0 saturated heterocycles. The van der Waals surface area contributed by atoms with Crippen LogP contribution in [0.5, 0.6) is 0 Å². The van der Waals surface area contributed by atoms with Gasteiger partial charge < -0.3 is 25.2 Å². The Morgan fingerprint density at radius 2 is 1.00 bits per heavy atom. The number of esters is 1.